The minimum atomic E-state index is 0.182. The molecule has 0 radical (unpaired) electrons. The Morgan fingerprint density at radius 3 is 2.62 bits per heavy atom. The van der Waals surface area contributed by atoms with Gasteiger partial charge in [-0.15, -0.1) is 0 Å². The van der Waals surface area contributed by atoms with Crippen molar-refractivity contribution in [3.63, 3.8) is 0 Å². The summed E-state index contributed by atoms with van der Waals surface area (Å²) in [5.74, 6) is 0.975. The second kappa shape index (κ2) is 6.94. The Labute approximate surface area is 127 Å². The molecule has 1 saturated carbocycles. The van der Waals surface area contributed by atoms with Crippen molar-refractivity contribution in [3.05, 3.63) is 24.3 Å². The molecule has 1 aliphatic carbocycles. The Bertz CT molecular complexity index is 487. The molecule has 2 unspecified atom stereocenters. The molecule has 0 aromatic heterocycles. The number of nitrogens with zero attached hydrogens (tertiary/aromatic N) is 2. The van der Waals surface area contributed by atoms with Gasteiger partial charge in [-0.3, -0.25) is 4.79 Å². The molecule has 1 amide bonds. The molecule has 0 N–H and O–H groups in total. The van der Waals surface area contributed by atoms with E-state index in [0.29, 0.717) is 12.5 Å². The van der Waals surface area contributed by atoms with Crippen LogP contribution in [0.25, 0.3) is 0 Å². The summed E-state index contributed by atoms with van der Waals surface area (Å²) in [4.78, 5) is 16.8. The van der Waals surface area contributed by atoms with E-state index in [1.165, 1.54) is 6.42 Å². The lowest BCUT2D eigenvalue weighted by atomic mass is 10.1. The molecule has 2 atom stereocenters. The largest absolute Gasteiger partial charge is 0.497 e. The van der Waals surface area contributed by atoms with E-state index in [-0.39, 0.29) is 11.9 Å². The number of carbonyl (C=O) groups is 1. The SMILES string of the molecule is CCC(=O)N(c1cccc(OC)c1)C1CCCC1N(C)C. The van der Waals surface area contributed by atoms with Gasteiger partial charge in [-0.05, 0) is 45.5 Å². The highest BCUT2D eigenvalue weighted by atomic mass is 16.5. The summed E-state index contributed by atoms with van der Waals surface area (Å²) in [5.41, 5.74) is 0.944. The molecule has 4 heteroatoms. The van der Waals surface area contributed by atoms with Gasteiger partial charge in [0.1, 0.15) is 5.75 Å². The van der Waals surface area contributed by atoms with Crippen molar-refractivity contribution in [1.82, 2.24) is 4.90 Å². The van der Waals surface area contributed by atoms with Crippen LogP contribution < -0.4 is 9.64 Å². The second-order valence-electron chi connectivity index (χ2n) is 5.85. The molecule has 1 fully saturated rings. The lowest BCUT2D eigenvalue weighted by Crippen LogP contribution is -2.49. The van der Waals surface area contributed by atoms with Gasteiger partial charge in [-0.2, -0.15) is 0 Å². The van der Waals surface area contributed by atoms with Gasteiger partial charge in [-0.1, -0.05) is 13.0 Å². The van der Waals surface area contributed by atoms with Crippen molar-refractivity contribution < 1.29 is 9.53 Å². The van der Waals surface area contributed by atoms with Crippen LogP contribution in [0, 0.1) is 0 Å². The van der Waals surface area contributed by atoms with Crippen molar-refractivity contribution in [2.45, 2.75) is 44.7 Å². The normalized spacial score (nSPS) is 21.6. The number of benzene rings is 1. The maximum Gasteiger partial charge on any atom is 0.227 e. The number of methoxy groups -OCH3 is 1. The molecule has 0 saturated heterocycles. The summed E-state index contributed by atoms with van der Waals surface area (Å²) < 4.78 is 5.31. The van der Waals surface area contributed by atoms with Gasteiger partial charge < -0.3 is 14.5 Å². The van der Waals surface area contributed by atoms with Gasteiger partial charge in [0.25, 0.3) is 0 Å². The summed E-state index contributed by atoms with van der Waals surface area (Å²) in [5, 5.41) is 0. The van der Waals surface area contributed by atoms with Crippen LogP contribution in [0.2, 0.25) is 0 Å². The third kappa shape index (κ3) is 3.38. The predicted octanol–water partition coefficient (Wildman–Crippen LogP) is 2.92. The van der Waals surface area contributed by atoms with E-state index in [2.05, 4.69) is 19.0 Å². The van der Waals surface area contributed by atoms with Gasteiger partial charge in [0.05, 0.1) is 13.2 Å². The number of likely N-dealkylation sites (N-methyl/N-ethyl adjacent to an activating group) is 1. The second-order valence-corrected chi connectivity index (χ2v) is 5.85. The van der Waals surface area contributed by atoms with Crippen LogP contribution >= 0.6 is 0 Å². The van der Waals surface area contributed by atoms with Crippen LogP contribution in [0.1, 0.15) is 32.6 Å². The van der Waals surface area contributed by atoms with Crippen LogP contribution in [-0.2, 0) is 4.79 Å². The Hall–Kier alpha value is -1.55. The Balaban J connectivity index is 2.36. The molecule has 0 heterocycles. The fraction of sp³-hybridized carbons (Fsp3) is 0.588. The molecule has 21 heavy (non-hydrogen) atoms. The van der Waals surface area contributed by atoms with E-state index in [9.17, 15) is 4.79 Å². The fourth-order valence-corrected chi connectivity index (χ4v) is 3.28. The monoisotopic (exact) mass is 290 g/mol. The van der Waals surface area contributed by atoms with Crippen molar-refractivity contribution in [3.8, 4) is 5.75 Å². The maximum absolute atomic E-state index is 12.5. The zero-order chi connectivity index (χ0) is 15.4. The molecular weight excluding hydrogens is 264 g/mol. The van der Waals surface area contributed by atoms with E-state index in [0.717, 1.165) is 24.3 Å². The van der Waals surface area contributed by atoms with Crippen LogP contribution in [0.5, 0.6) is 5.75 Å². The number of anilines is 1. The third-order valence-corrected chi connectivity index (χ3v) is 4.34. The van der Waals surface area contributed by atoms with E-state index in [4.69, 9.17) is 4.74 Å². The molecule has 1 aromatic carbocycles. The Kier molecular flexibility index (Phi) is 5.23. The molecule has 0 aliphatic heterocycles. The number of ether oxygens (including phenoxy) is 1. The molecule has 0 spiro atoms. The topological polar surface area (TPSA) is 32.8 Å². The van der Waals surface area contributed by atoms with Crippen molar-refractivity contribution >= 4 is 11.6 Å². The average molecular weight is 290 g/mol. The van der Waals surface area contributed by atoms with E-state index in [1.807, 2.05) is 36.1 Å². The van der Waals surface area contributed by atoms with Crippen LogP contribution in [0.4, 0.5) is 5.69 Å². The standard InChI is InChI=1S/C17H26N2O2/c1-5-17(20)19(13-8-6-9-14(12-13)21-4)16-11-7-10-15(16)18(2)3/h6,8-9,12,15-16H,5,7,10-11H2,1-4H3. The smallest absolute Gasteiger partial charge is 0.227 e. The van der Waals surface area contributed by atoms with Crippen LogP contribution in [0.15, 0.2) is 24.3 Å². The summed E-state index contributed by atoms with van der Waals surface area (Å²) in [6.45, 7) is 1.93. The van der Waals surface area contributed by atoms with E-state index >= 15 is 0 Å². The van der Waals surface area contributed by atoms with Crippen molar-refractivity contribution in [1.29, 1.82) is 0 Å². The van der Waals surface area contributed by atoms with Gasteiger partial charge in [0.2, 0.25) is 5.91 Å². The van der Waals surface area contributed by atoms with Gasteiger partial charge in [0.15, 0.2) is 0 Å². The molecule has 0 bridgehead atoms. The van der Waals surface area contributed by atoms with E-state index in [1.54, 1.807) is 7.11 Å². The number of hydrogen-bond donors (Lipinski definition) is 0. The zero-order valence-electron chi connectivity index (χ0n) is 13.5. The van der Waals surface area contributed by atoms with E-state index < -0.39 is 0 Å². The molecular formula is C17H26N2O2. The molecule has 4 nitrogen and oxygen atoms in total. The number of hydrogen-bond acceptors (Lipinski definition) is 3. The predicted molar refractivity (Wildman–Crippen MR) is 85.9 cm³/mol. The van der Waals surface area contributed by atoms with Crippen molar-refractivity contribution in [2.24, 2.45) is 0 Å². The minimum absolute atomic E-state index is 0.182. The molecule has 1 aliphatic rings. The summed E-state index contributed by atoms with van der Waals surface area (Å²) in [6.07, 6.45) is 3.90. The number of rotatable bonds is 5. The number of amides is 1. The highest BCUT2D eigenvalue weighted by Gasteiger charge is 2.36. The van der Waals surface area contributed by atoms with Gasteiger partial charge >= 0.3 is 0 Å². The highest BCUT2D eigenvalue weighted by Crippen LogP contribution is 2.32. The molecule has 116 valence electrons. The summed E-state index contributed by atoms with van der Waals surface area (Å²) in [6, 6.07) is 8.49. The first-order valence-corrected chi connectivity index (χ1v) is 7.71. The lowest BCUT2D eigenvalue weighted by molar-refractivity contribution is -0.119. The highest BCUT2D eigenvalue weighted by molar-refractivity contribution is 5.94. The minimum Gasteiger partial charge on any atom is -0.497 e. The molecule has 1 aromatic rings. The first kappa shape index (κ1) is 15.8. The average Bonchev–Trinajstić information content (AvgIpc) is 2.97. The number of carbonyl (C=O) groups excluding carboxylic acids is 1. The maximum atomic E-state index is 12.5. The summed E-state index contributed by atoms with van der Waals surface area (Å²) in [7, 11) is 5.86. The Morgan fingerprint density at radius 1 is 1.29 bits per heavy atom. The third-order valence-electron chi connectivity index (χ3n) is 4.34. The first-order chi connectivity index (χ1) is 10.1. The lowest BCUT2D eigenvalue weighted by Gasteiger charge is -2.36. The van der Waals surface area contributed by atoms with Crippen molar-refractivity contribution in [2.75, 3.05) is 26.1 Å². The quantitative estimate of drug-likeness (QED) is 0.836. The summed E-state index contributed by atoms with van der Waals surface area (Å²) >= 11 is 0. The fourth-order valence-electron chi connectivity index (χ4n) is 3.28. The van der Waals surface area contributed by atoms with Gasteiger partial charge in [-0.25, -0.2) is 0 Å². The first-order valence-electron chi connectivity index (χ1n) is 7.71. The molecule has 2 rings (SSSR count). The van der Waals surface area contributed by atoms with Gasteiger partial charge in [0, 0.05) is 24.2 Å². The van der Waals surface area contributed by atoms with Crippen LogP contribution in [0.3, 0.4) is 0 Å². The van der Waals surface area contributed by atoms with Crippen LogP contribution in [-0.4, -0.2) is 44.1 Å². The zero-order valence-corrected chi connectivity index (χ0v) is 13.5. The Morgan fingerprint density at radius 2 is 2.00 bits per heavy atom.